The van der Waals surface area contributed by atoms with Crippen LogP contribution in [0.2, 0.25) is 0 Å². The largest absolute Gasteiger partial charge is 0.454 e. The lowest BCUT2D eigenvalue weighted by Crippen LogP contribution is -1.96. The zero-order valence-corrected chi connectivity index (χ0v) is 27.0. The fourth-order valence-electron chi connectivity index (χ4n) is 7.42. The number of nitrogens with zero attached hydrogens (tertiary/aromatic N) is 3. The Hall–Kier alpha value is -6.78. The van der Waals surface area contributed by atoms with Crippen molar-refractivity contribution in [2.75, 3.05) is 0 Å². The molecule has 3 heterocycles. The predicted molar refractivity (Wildman–Crippen MR) is 205 cm³/mol. The summed E-state index contributed by atoms with van der Waals surface area (Å²) in [5.41, 5.74) is 12.1. The molecule has 234 valence electrons. The van der Waals surface area contributed by atoms with Gasteiger partial charge >= 0.3 is 0 Å². The van der Waals surface area contributed by atoms with Gasteiger partial charge in [-0.25, -0.2) is 9.97 Å². The lowest BCUT2D eigenvalue weighted by Gasteiger charge is -2.10. The van der Waals surface area contributed by atoms with Crippen LogP contribution in [-0.4, -0.2) is 14.5 Å². The second-order valence-corrected chi connectivity index (χ2v) is 12.5. The second kappa shape index (κ2) is 11.4. The number of benzene rings is 7. The standard InChI is InChI=1S/C46H29N3O/c1-4-15-30(16-5-1)33-22-12-26-40-43(33)35-21-10-11-25-39(35)49(40)41-27-13-24-36-44-34(23-14-28-42(44)50-45(36)41)38-29-37(31-17-6-2-7-18-31)47-46(48-38)32-19-8-3-9-20-32/h1-29H. The summed E-state index contributed by atoms with van der Waals surface area (Å²) in [4.78, 5) is 10.2. The van der Waals surface area contributed by atoms with Crippen LogP contribution in [-0.2, 0) is 0 Å². The van der Waals surface area contributed by atoms with E-state index in [1.54, 1.807) is 0 Å². The Bertz CT molecular complexity index is 2800. The van der Waals surface area contributed by atoms with Gasteiger partial charge in [0.1, 0.15) is 5.58 Å². The summed E-state index contributed by atoms with van der Waals surface area (Å²) in [5, 5.41) is 4.51. The molecule has 50 heavy (non-hydrogen) atoms. The summed E-state index contributed by atoms with van der Waals surface area (Å²) in [6, 6.07) is 61.2. The van der Waals surface area contributed by atoms with Gasteiger partial charge in [-0.05, 0) is 41.5 Å². The first-order valence-electron chi connectivity index (χ1n) is 16.8. The van der Waals surface area contributed by atoms with E-state index in [4.69, 9.17) is 14.4 Å². The van der Waals surface area contributed by atoms with Gasteiger partial charge in [-0.2, -0.15) is 0 Å². The van der Waals surface area contributed by atoms with Gasteiger partial charge in [0.25, 0.3) is 0 Å². The van der Waals surface area contributed by atoms with Crippen molar-refractivity contribution >= 4 is 43.7 Å². The van der Waals surface area contributed by atoms with Crippen molar-refractivity contribution in [2.45, 2.75) is 0 Å². The molecule has 0 radical (unpaired) electrons. The topological polar surface area (TPSA) is 43.9 Å². The van der Waals surface area contributed by atoms with Crippen molar-refractivity contribution in [1.82, 2.24) is 14.5 Å². The third kappa shape index (κ3) is 4.46. The van der Waals surface area contributed by atoms with Crippen LogP contribution >= 0.6 is 0 Å². The van der Waals surface area contributed by atoms with Crippen LogP contribution in [0.25, 0.3) is 94.5 Å². The van der Waals surface area contributed by atoms with Crippen LogP contribution in [0.3, 0.4) is 0 Å². The molecule has 0 amide bonds. The van der Waals surface area contributed by atoms with E-state index in [0.717, 1.165) is 66.7 Å². The molecule has 0 bridgehead atoms. The maximum atomic E-state index is 6.85. The summed E-state index contributed by atoms with van der Waals surface area (Å²) in [7, 11) is 0. The number of hydrogen-bond donors (Lipinski definition) is 0. The molecule has 0 fully saturated rings. The maximum Gasteiger partial charge on any atom is 0.160 e. The van der Waals surface area contributed by atoms with Crippen LogP contribution in [0.15, 0.2) is 180 Å². The number of aromatic nitrogens is 3. The minimum absolute atomic E-state index is 0.687. The highest BCUT2D eigenvalue weighted by atomic mass is 16.3. The summed E-state index contributed by atoms with van der Waals surface area (Å²) >= 11 is 0. The zero-order valence-electron chi connectivity index (χ0n) is 27.0. The zero-order chi connectivity index (χ0) is 33.0. The van der Waals surface area contributed by atoms with Gasteiger partial charge in [0.2, 0.25) is 0 Å². The van der Waals surface area contributed by atoms with Gasteiger partial charge in [-0.15, -0.1) is 0 Å². The average molecular weight is 640 g/mol. The molecule has 0 aliphatic heterocycles. The van der Waals surface area contributed by atoms with E-state index in [1.807, 2.05) is 36.4 Å². The van der Waals surface area contributed by atoms with Crippen LogP contribution in [0.4, 0.5) is 0 Å². The van der Waals surface area contributed by atoms with Crippen molar-refractivity contribution < 1.29 is 4.42 Å². The van der Waals surface area contributed by atoms with Crippen LogP contribution in [0.1, 0.15) is 0 Å². The lowest BCUT2D eigenvalue weighted by molar-refractivity contribution is 0.666. The summed E-state index contributed by atoms with van der Waals surface area (Å²) in [6.45, 7) is 0. The monoisotopic (exact) mass is 639 g/mol. The molecule has 10 aromatic rings. The molecular formula is C46H29N3O. The smallest absolute Gasteiger partial charge is 0.160 e. The lowest BCUT2D eigenvalue weighted by atomic mass is 9.99. The number of hydrogen-bond acceptors (Lipinski definition) is 3. The van der Waals surface area contributed by atoms with Crippen molar-refractivity contribution in [3.63, 3.8) is 0 Å². The highest BCUT2D eigenvalue weighted by Crippen LogP contribution is 2.43. The first-order chi connectivity index (χ1) is 24.8. The number of rotatable bonds is 5. The van der Waals surface area contributed by atoms with Crippen molar-refractivity contribution in [1.29, 1.82) is 0 Å². The molecule has 0 saturated heterocycles. The van der Waals surface area contributed by atoms with E-state index >= 15 is 0 Å². The Morgan fingerprint density at radius 1 is 0.420 bits per heavy atom. The number of para-hydroxylation sites is 2. The van der Waals surface area contributed by atoms with Gasteiger partial charge in [0, 0.05) is 38.2 Å². The van der Waals surface area contributed by atoms with Crippen molar-refractivity contribution in [3.05, 3.63) is 176 Å². The number of fused-ring (bicyclic) bond motifs is 6. The Labute approximate surface area is 288 Å². The van der Waals surface area contributed by atoms with E-state index in [9.17, 15) is 0 Å². The van der Waals surface area contributed by atoms with E-state index < -0.39 is 0 Å². The molecular weight excluding hydrogens is 611 g/mol. The fraction of sp³-hybridized carbons (Fsp3) is 0. The first kappa shape index (κ1) is 28.3. The van der Waals surface area contributed by atoms with Gasteiger partial charge in [0.05, 0.1) is 28.1 Å². The first-order valence-corrected chi connectivity index (χ1v) is 16.8. The Morgan fingerprint density at radius 2 is 1.02 bits per heavy atom. The number of furan rings is 1. The molecule has 4 heteroatoms. The van der Waals surface area contributed by atoms with Gasteiger partial charge in [-0.3, -0.25) is 0 Å². The van der Waals surface area contributed by atoms with Gasteiger partial charge in [-0.1, -0.05) is 146 Å². The molecule has 0 aliphatic rings. The minimum atomic E-state index is 0.687. The van der Waals surface area contributed by atoms with E-state index in [2.05, 4.69) is 144 Å². The highest BCUT2D eigenvalue weighted by Gasteiger charge is 2.21. The highest BCUT2D eigenvalue weighted by molar-refractivity contribution is 6.18. The van der Waals surface area contributed by atoms with Gasteiger partial charge in [0.15, 0.2) is 11.4 Å². The molecule has 0 unspecified atom stereocenters. The van der Waals surface area contributed by atoms with E-state index in [-0.39, 0.29) is 0 Å². The Kier molecular flexibility index (Phi) is 6.46. The SMILES string of the molecule is c1ccc(-c2cc(-c3cccc4oc5c(-n6c7ccccc7c7c(-c8ccccc8)cccc76)cccc5c34)nc(-c3ccccc3)n2)cc1. The fourth-order valence-corrected chi connectivity index (χ4v) is 7.42. The Balaban J connectivity index is 1.24. The van der Waals surface area contributed by atoms with Crippen LogP contribution in [0, 0.1) is 0 Å². The molecule has 0 aliphatic carbocycles. The van der Waals surface area contributed by atoms with Crippen molar-refractivity contribution in [3.8, 4) is 50.7 Å². The van der Waals surface area contributed by atoms with Crippen LogP contribution < -0.4 is 0 Å². The average Bonchev–Trinajstić information content (AvgIpc) is 3.75. The van der Waals surface area contributed by atoms with E-state index in [0.29, 0.717) is 5.82 Å². The molecule has 0 saturated carbocycles. The molecule has 0 N–H and O–H groups in total. The normalized spacial score (nSPS) is 11.6. The Morgan fingerprint density at radius 3 is 1.82 bits per heavy atom. The quantitative estimate of drug-likeness (QED) is 0.188. The second-order valence-electron chi connectivity index (χ2n) is 12.5. The third-order valence-electron chi connectivity index (χ3n) is 9.63. The molecule has 4 nitrogen and oxygen atoms in total. The molecule has 3 aromatic heterocycles. The summed E-state index contributed by atoms with van der Waals surface area (Å²) < 4.78 is 9.20. The van der Waals surface area contributed by atoms with Gasteiger partial charge < -0.3 is 8.98 Å². The molecule has 7 aromatic carbocycles. The minimum Gasteiger partial charge on any atom is -0.454 e. The maximum absolute atomic E-state index is 6.85. The van der Waals surface area contributed by atoms with E-state index in [1.165, 1.54) is 21.9 Å². The van der Waals surface area contributed by atoms with Crippen molar-refractivity contribution in [2.24, 2.45) is 0 Å². The molecule has 0 atom stereocenters. The molecule has 10 rings (SSSR count). The van der Waals surface area contributed by atoms with Crippen LogP contribution in [0.5, 0.6) is 0 Å². The summed E-state index contributed by atoms with van der Waals surface area (Å²) in [6.07, 6.45) is 0. The summed E-state index contributed by atoms with van der Waals surface area (Å²) in [5.74, 6) is 0.687. The predicted octanol–water partition coefficient (Wildman–Crippen LogP) is 12.1. The third-order valence-corrected chi connectivity index (χ3v) is 9.63. The molecule has 0 spiro atoms.